The molecule has 2 unspecified atom stereocenters. The van der Waals surface area contributed by atoms with E-state index in [9.17, 15) is 0 Å². The van der Waals surface area contributed by atoms with E-state index in [1.54, 1.807) is 0 Å². The summed E-state index contributed by atoms with van der Waals surface area (Å²) >= 11 is 0. The smallest absolute Gasteiger partial charge is 0.118 e. The molecular weight excluding hydrogens is 248 g/mol. The fourth-order valence-corrected chi connectivity index (χ4v) is 4.03. The van der Waals surface area contributed by atoms with Crippen LogP contribution in [0.4, 0.5) is 0 Å². The minimum Gasteiger partial charge on any atom is -0.463 e. The van der Waals surface area contributed by atoms with Crippen LogP contribution < -0.4 is 5.32 Å². The molecular formula is C17H26N2O. The van der Waals surface area contributed by atoms with E-state index >= 15 is 0 Å². The Balaban J connectivity index is 1.33. The third kappa shape index (κ3) is 2.79. The van der Waals surface area contributed by atoms with Crippen molar-refractivity contribution in [3.05, 3.63) is 23.7 Å². The molecule has 3 heteroatoms. The quantitative estimate of drug-likeness (QED) is 0.893. The number of rotatable bonds is 5. The largest absolute Gasteiger partial charge is 0.463 e. The molecule has 2 saturated carbocycles. The highest BCUT2D eigenvalue weighted by Gasteiger charge is 2.35. The molecule has 20 heavy (non-hydrogen) atoms. The Labute approximate surface area is 121 Å². The third-order valence-corrected chi connectivity index (χ3v) is 5.34. The van der Waals surface area contributed by atoms with Gasteiger partial charge in [0.05, 0.1) is 13.1 Å². The van der Waals surface area contributed by atoms with E-state index in [1.165, 1.54) is 51.5 Å². The molecule has 3 fully saturated rings. The molecule has 3 nitrogen and oxygen atoms in total. The molecule has 4 rings (SSSR count). The minimum absolute atomic E-state index is 0.755. The van der Waals surface area contributed by atoms with Crippen molar-refractivity contribution in [2.24, 2.45) is 5.92 Å². The van der Waals surface area contributed by atoms with Gasteiger partial charge in [0.2, 0.25) is 0 Å². The van der Waals surface area contributed by atoms with Crippen molar-refractivity contribution in [3.8, 4) is 0 Å². The maximum atomic E-state index is 6.00. The van der Waals surface area contributed by atoms with Crippen LogP contribution in [0.5, 0.6) is 0 Å². The van der Waals surface area contributed by atoms with Gasteiger partial charge in [-0.05, 0) is 56.7 Å². The van der Waals surface area contributed by atoms with Gasteiger partial charge in [-0.15, -0.1) is 0 Å². The van der Waals surface area contributed by atoms with Crippen molar-refractivity contribution in [2.75, 3.05) is 6.54 Å². The molecule has 0 radical (unpaired) electrons. The summed E-state index contributed by atoms with van der Waals surface area (Å²) in [6.45, 7) is 3.19. The Kier molecular flexibility index (Phi) is 3.57. The molecule has 3 aliphatic rings. The summed E-state index contributed by atoms with van der Waals surface area (Å²) in [4.78, 5) is 2.67. The zero-order valence-electron chi connectivity index (χ0n) is 12.3. The van der Waals surface area contributed by atoms with E-state index in [0.717, 1.165) is 42.6 Å². The van der Waals surface area contributed by atoms with Gasteiger partial charge in [0, 0.05) is 12.1 Å². The van der Waals surface area contributed by atoms with Crippen molar-refractivity contribution in [1.29, 1.82) is 0 Å². The summed E-state index contributed by atoms with van der Waals surface area (Å²) in [7, 11) is 0. The van der Waals surface area contributed by atoms with Gasteiger partial charge in [0.1, 0.15) is 11.5 Å². The van der Waals surface area contributed by atoms with E-state index < -0.39 is 0 Å². The maximum Gasteiger partial charge on any atom is 0.118 e. The molecule has 1 saturated heterocycles. The summed E-state index contributed by atoms with van der Waals surface area (Å²) in [5.74, 6) is 3.23. The van der Waals surface area contributed by atoms with Crippen LogP contribution in [0.25, 0.3) is 0 Å². The predicted molar refractivity (Wildman–Crippen MR) is 79.3 cm³/mol. The van der Waals surface area contributed by atoms with Crippen LogP contribution in [-0.2, 0) is 13.1 Å². The van der Waals surface area contributed by atoms with Crippen molar-refractivity contribution >= 4 is 0 Å². The lowest BCUT2D eigenvalue weighted by molar-refractivity contribution is 0.164. The average molecular weight is 274 g/mol. The van der Waals surface area contributed by atoms with Crippen LogP contribution in [0.15, 0.2) is 16.5 Å². The molecule has 2 aliphatic carbocycles. The number of fused-ring (bicyclic) bond motifs is 1. The summed E-state index contributed by atoms with van der Waals surface area (Å²) < 4.78 is 6.00. The lowest BCUT2D eigenvalue weighted by Crippen LogP contribution is -2.34. The van der Waals surface area contributed by atoms with Gasteiger partial charge < -0.3 is 9.73 Å². The number of hydrogen-bond donors (Lipinski definition) is 1. The fourth-order valence-electron chi connectivity index (χ4n) is 4.03. The Bertz CT molecular complexity index is 452. The van der Waals surface area contributed by atoms with Crippen molar-refractivity contribution < 1.29 is 4.42 Å². The first-order chi connectivity index (χ1) is 9.88. The topological polar surface area (TPSA) is 28.4 Å². The molecule has 0 spiro atoms. The summed E-state index contributed by atoms with van der Waals surface area (Å²) in [6.07, 6.45) is 9.81. The molecule has 110 valence electrons. The fraction of sp³-hybridized carbons (Fsp3) is 0.765. The van der Waals surface area contributed by atoms with Gasteiger partial charge in [-0.3, -0.25) is 4.90 Å². The number of likely N-dealkylation sites (tertiary alicyclic amines) is 1. The molecule has 2 atom stereocenters. The molecule has 0 amide bonds. The van der Waals surface area contributed by atoms with Crippen LogP contribution in [0, 0.1) is 5.92 Å². The van der Waals surface area contributed by atoms with Gasteiger partial charge in [-0.2, -0.15) is 0 Å². The number of nitrogens with zero attached hydrogens (tertiary/aromatic N) is 1. The maximum absolute atomic E-state index is 6.00. The highest BCUT2D eigenvalue weighted by molar-refractivity contribution is 5.08. The highest BCUT2D eigenvalue weighted by atomic mass is 16.3. The third-order valence-electron chi connectivity index (χ3n) is 5.34. The first-order valence-corrected chi connectivity index (χ1v) is 8.43. The van der Waals surface area contributed by atoms with Gasteiger partial charge >= 0.3 is 0 Å². The van der Waals surface area contributed by atoms with Crippen LogP contribution in [0.3, 0.4) is 0 Å². The molecule has 1 aliphatic heterocycles. The number of furan rings is 1. The molecule has 1 N–H and O–H groups in total. The Morgan fingerprint density at radius 1 is 1.05 bits per heavy atom. The summed E-state index contributed by atoms with van der Waals surface area (Å²) in [5, 5.41) is 3.52. The van der Waals surface area contributed by atoms with Crippen LogP contribution in [0.1, 0.15) is 56.5 Å². The van der Waals surface area contributed by atoms with Gasteiger partial charge in [-0.1, -0.05) is 12.8 Å². The minimum atomic E-state index is 0.755. The summed E-state index contributed by atoms with van der Waals surface area (Å²) in [5.41, 5.74) is 0. The Morgan fingerprint density at radius 3 is 2.80 bits per heavy atom. The molecule has 1 aromatic rings. The zero-order valence-corrected chi connectivity index (χ0v) is 12.3. The standard InChI is InChI=1S/C17H26N2O/c1-2-4-17-13(3-1)9-10-19(17)12-16-8-7-15(20-16)11-18-14-5-6-14/h7-8,13-14,17-18H,1-6,9-12H2. The van der Waals surface area contributed by atoms with Crippen LogP contribution in [-0.4, -0.2) is 23.5 Å². The van der Waals surface area contributed by atoms with Crippen LogP contribution in [0.2, 0.25) is 0 Å². The van der Waals surface area contributed by atoms with E-state index in [0.29, 0.717) is 0 Å². The van der Waals surface area contributed by atoms with E-state index in [-0.39, 0.29) is 0 Å². The molecule has 0 aromatic carbocycles. The lowest BCUT2D eigenvalue weighted by Gasteiger charge is -2.31. The second-order valence-electron chi connectivity index (χ2n) is 6.89. The zero-order chi connectivity index (χ0) is 13.4. The Morgan fingerprint density at radius 2 is 1.90 bits per heavy atom. The number of hydrogen-bond acceptors (Lipinski definition) is 3. The van der Waals surface area contributed by atoms with Crippen molar-refractivity contribution in [1.82, 2.24) is 10.2 Å². The first-order valence-electron chi connectivity index (χ1n) is 8.43. The van der Waals surface area contributed by atoms with Crippen molar-refractivity contribution in [2.45, 2.75) is 70.1 Å². The average Bonchev–Trinajstić information content (AvgIpc) is 3.06. The van der Waals surface area contributed by atoms with E-state index in [2.05, 4.69) is 22.3 Å². The second kappa shape index (κ2) is 5.53. The summed E-state index contributed by atoms with van der Waals surface area (Å²) in [6, 6.07) is 5.92. The van der Waals surface area contributed by atoms with Gasteiger partial charge in [0.15, 0.2) is 0 Å². The SMILES string of the molecule is c1cc(CN2CCC3CCCCC32)oc1CNC1CC1. The van der Waals surface area contributed by atoms with Crippen LogP contribution >= 0.6 is 0 Å². The van der Waals surface area contributed by atoms with Gasteiger partial charge in [0.25, 0.3) is 0 Å². The molecule has 1 aromatic heterocycles. The molecule has 0 bridgehead atoms. The Hall–Kier alpha value is -0.800. The van der Waals surface area contributed by atoms with E-state index in [1.807, 2.05) is 0 Å². The normalized spacial score (nSPS) is 30.6. The lowest BCUT2D eigenvalue weighted by atomic mass is 9.85. The van der Waals surface area contributed by atoms with Crippen molar-refractivity contribution in [3.63, 3.8) is 0 Å². The first kappa shape index (κ1) is 12.9. The monoisotopic (exact) mass is 274 g/mol. The molecule has 2 heterocycles. The van der Waals surface area contributed by atoms with Gasteiger partial charge in [-0.25, -0.2) is 0 Å². The van der Waals surface area contributed by atoms with E-state index in [4.69, 9.17) is 4.42 Å². The number of nitrogens with one attached hydrogen (secondary N) is 1. The predicted octanol–water partition coefficient (Wildman–Crippen LogP) is 3.30. The second-order valence-corrected chi connectivity index (χ2v) is 6.89. The highest BCUT2D eigenvalue weighted by Crippen LogP contribution is 2.36.